The summed E-state index contributed by atoms with van der Waals surface area (Å²) in [5.41, 5.74) is 1.22. The van der Waals surface area contributed by atoms with Gasteiger partial charge in [0.25, 0.3) is 0 Å². The molecule has 3 unspecified atom stereocenters. The molecule has 0 aromatic heterocycles. The molecule has 2 rings (SSSR count). The number of rotatable bonds is 5. The molecular formula is C17H25NO2. The van der Waals surface area contributed by atoms with Gasteiger partial charge in [0.2, 0.25) is 5.91 Å². The van der Waals surface area contributed by atoms with Crippen molar-refractivity contribution in [2.45, 2.75) is 63.5 Å². The third kappa shape index (κ3) is 4.07. The van der Waals surface area contributed by atoms with E-state index < -0.39 is 0 Å². The summed E-state index contributed by atoms with van der Waals surface area (Å²) in [6, 6.07) is 10.1. The van der Waals surface area contributed by atoms with E-state index in [2.05, 4.69) is 24.4 Å². The zero-order valence-corrected chi connectivity index (χ0v) is 12.2. The minimum atomic E-state index is -0.371. The summed E-state index contributed by atoms with van der Waals surface area (Å²) in [4.78, 5) is 12.2. The molecule has 0 radical (unpaired) electrons. The molecule has 3 nitrogen and oxygen atoms in total. The summed E-state index contributed by atoms with van der Waals surface area (Å²) in [6.45, 7) is 2.11. The Labute approximate surface area is 121 Å². The van der Waals surface area contributed by atoms with E-state index in [9.17, 15) is 9.90 Å². The Kier molecular flexibility index (Phi) is 5.60. The summed E-state index contributed by atoms with van der Waals surface area (Å²) in [7, 11) is 0. The van der Waals surface area contributed by atoms with Gasteiger partial charge in [-0.15, -0.1) is 0 Å². The van der Waals surface area contributed by atoms with Gasteiger partial charge in [-0.1, -0.05) is 50.1 Å². The van der Waals surface area contributed by atoms with Crippen LogP contribution in [-0.2, 0) is 4.79 Å². The van der Waals surface area contributed by atoms with E-state index >= 15 is 0 Å². The SMILES string of the molecule is CCC(CC(=O)NC1CCCCC1O)c1ccccc1. The number of hydrogen-bond acceptors (Lipinski definition) is 2. The summed E-state index contributed by atoms with van der Waals surface area (Å²) in [5.74, 6) is 0.323. The number of carbonyl (C=O) groups is 1. The van der Waals surface area contributed by atoms with Gasteiger partial charge < -0.3 is 10.4 Å². The van der Waals surface area contributed by atoms with Crippen LogP contribution in [0.2, 0.25) is 0 Å². The highest BCUT2D eigenvalue weighted by atomic mass is 16.3. The zero-order valence-electron chi connectivity index (χ0n) is 12.2. The lowest BCUT2D eigenvalue weighted by Crippen LogP contribution is -2.45. The Bertz CT molecular complexity index is 418. The van der Waals surface area contributed by atoms with Crippen LogP contribution < -0.4 is 5.32 Å². The van der Waals surface area contributed by atoms with Crippen molar-refractivity contribution in [2.75, 3.05) is 0 Å². The summed E-state index contributed by atoms with van der Waals surface area (Å²) in [6.07, 6.45) is 4.95. The topological polar surface area (TPSA) is 49.3 Å². The number of hydrogen-bond donors (Lipinski definition) is 2. The molecule has 1 saturated carbocycles. The Morgan fingerprint density at radius 1 is 1.30 bits per heavy atom. The summed E-state index contributed by atoms with van der Waals surface area (Å²) >= 11 is 0. The molecule has 3 heteroatoms. The first kappa shape index (κ1) is 15.0. The fraction of sp³-hybridized carbons (Fsp3) is 0.588. The normalized spacial score (nSPS) is 24.1. The van der Waals surface area contributed by atoms with Gasteiger partial charge in [0.05, 0.1) is 12.1 Å². The third-order valence-electron chi connectivity index (χ3n) is 4.27. The van der Waals surface area contributed by atoms with Crippen LogP contribution >= 0.6 is 0 Å². The minimum absolute atomic E-state index is 0.0514. The molecule has 0 bridgehead atoms. The lowest BCUT2D eigenvalue weighted by atomic mass is 9.90. The maximum atomic E-state index is 12.2. The van der Waals surface area contributed by atoms with Gasteiger partial charge in [-0.3, -0.25) is 4.79 Å². The fourth-order valence-electron chi connectivity index (χ4n) is 2.99. The molecule has 1 aromatic carbocycles. The van der Waals surface area contributed by atoms with E-state index in [1.54, 1.807) is 0 Å². The molecular weight excluding hydrogens is 250 g/mol. The number of amides is 1. The maximum absolute atomic E-state index is 12.2. The third-order valence-corrected chi connectivity index (χ3v) is 4.27. The standard InChI is InChI=1S/C17H25NO2/c1-2-13(14-8-4-3-5-9-14)12-17(20)18-15-10-6-7-11-16(15)19/h3-5,8-9,13,15-16,19H,2,6-7,10-12H2,1H3,(H,18,20). The molecule has 20 heavy (non-hydrogen) atoms. The van der Waals surface area contributed by atoms with Gasteiger partial charge in [0, 0.05) is 6.42 Å². The van der Waals surface area contributed by atoms with Crippen molar-refractivity contribution in [3.05, 3.63) is 35.9 Å². The van der Waals surface area contributed by atoms with Crippen LogP contribution in [0.1, 0.15) is 56.9 Å². The fourth-order valence-corrected chi connectivity index (χ4v) is 2.99. The van der Waals surface area contributed by atoms with E-state index in [4.69, 9.17) is 0 Å². The quantitative estimate of drug-likeness (QED) is 0.868. The summed E-state index contributed by atoms with van der Waals surface area (Å²) < 4.78 is 0. The molecule has 1 amide bonds. The molecule has 0 saturated heterocycles. The largest absolute Gasteiger partial charge is 0.391 e. The Morgan fingerprint density at radius 3 is 2.65 bits per heavy atom. The highest BCUT2D eigenvalue weighted by Gasteiger charge is 2.25. The molecule has 1 aromatic rings. The first-order valence-electron chi connectivity index (χ1n) is 7.73. The Hall–Kier alpha value is -1.35. The lowest BCUT2D eigenvalue weighted by Gasteiger charge is -2.29. The van der Waals surface area contributed by atoms with Crippen LogP contribution in [0.4, 0.5) is 0 Å². The number of aliphatic hydroxyl groups is 1. The van der Waals surface area contributed by atoms with Crippen molar-refractivity contribution in [2.24, 2.45) is 0 Å². The Balaban J connectivity index is 1.89. The molecule has 110 valence electrons. The molecule has 2 N–H and O–H groups in total. The van der Waals surface area contributed by atoms with Crippen LogP contribution in [0.5, 0.6) is 0 Å². The van der Waals surface area contributed by atoms with Gasteiger partial charge in [0.1, 0.15) is 0 Å². The summed E-state index contributed by atoms with van der Waals surface area (Å²) in [5, 5.41) is 12.9. The molecule has 0 heterocycles. The number of nitrogens with one attached hydrogen (secondary N) is 1. The molecule has 3 atom stereocenters. The van der Waals surface area contributed by atoms with Crippen molar-refractivity contribution in [3.8, 4) is 0 Å². The monoisotopic (exact) mass is 275 g/mol. The van der Waals surface area contributed by atoms with Crippen LogP contribution in [0.3, 0.4) is 0 Å². The molecule has 1 fully saturated rings. The predicted octanol–water partition coefficient (Wildman–Crippen LogP) is 2.99. The van der Waals surface area contributed by atoms with Crippen LogP contribution in [0.15, 0.2) is 30.3 Å². The van der Waals surface area contributed by atoms with Gasteiger partial charge in [-0.25, -0.2) is 0 Å². The molecule has 0 spiro atoms. The smallest absolute Gasteiger partial charge is 0.220 e. The van der Waals surface area contributed by atoms with Crippen LogP contribution in [0.25, 0.3) is 0 Å². The number of benzene rings is 1. The van der Waals surface area contributed by atoms with Crippen molar-refractivity contribution in [3.63, 3.8) is 0 Å². The van der Waals surface area contributed by atoms with Gasteiger partial charge in [-0.2, -0.15) is 0 Å². The predicted molar refractivity (Wildman–Crippen MR) is 80.5 cm³/mol. The van der Waals surface area contributed by atoms with Crippen LogP contribution in [-0.4, -0.2) is 23.2 Å². The number of carbonyl (C=O) groups excluding carboxylic acids is 1. The van der Waals surface area contributed by atoms with Crippen molar-refractivity contribution in [1.29, 1.82) is 0 Å². The van der Waals surface area contributed by atoms with E-state index in [0.717, 1.165) is 32.1 Å². The second-order valence-corrected chi connectivity index (χ2v) is 5.75. The molecule has 1 aliphatic carbocycles. The van der Waals surface area contributed by atoms with Gasteiger partial charge in [-0.05, 0) is 30.7 Å². The average molecular weight is 275 g/mol. The first-order valence-corrected chi connectivity index (χ1v) is 7.73. The molecule has 0 aliphatic heterocycles. The van der Waals surface area contributed by atoms with E-state index in [0.29, 0.717) is 6.42 Å². The highest BCUT2D eigenvalue weighted by Crippen LogP contribution is 2.24. The van der Waals surface area contributed by atoms with E-state index in [1.165, 1.54) is 5.56 Å². The van der Waals surface area contributed by atoms with Gasteiger partial charge >= 0.3 is 0 Å². The first-order chi connectivity index (χ1) is 9.70. The second-order valence-electron chi connectivity index (χ2n) is 5.75. The van der Waals surface area contributed by atoms with Gasteiger partial charge in [0.15, 0.2) is 0 Å². The van der Waals surface area contributed by atoms with Crippen molar-refractivity contribution < 1.29 is 9.90 Å². The van der Waals surface area contributed by atoms with E-state index in [-0.39, 0.29) is 24.0 Å². The minimum Gasteiger partial charge on any atom is -0.391 e. The van der Waals surface area contributed by atoms with Crippen molar-refractivity contribution >= 4 is 5.91 Å². The number of aliphatic hydroxyl groups excluding tert-OH is 1. The lowest BCUT2D eigenvalue weighted by molar-refractivity contribution is -0.123. The average Bonchev–Trinajstić information content (AvgIpc) is 2.48. The zero-order chi connectivity index (χ0) is 14.4. The Morgan fingerprint density at radius 2 is 2.00 bits per heavy atom. The van der Waals surface area contributed by atoms with E-state index in [1.807, 2.05) is 18.2 Å². The van der Waals surface area contributed by atoms with Crippen molar-refractivity contribution in [1.82, 2.24) is 5.32 Å². The second kappa shape index (κ2) is 7.44. The van der Waals surface area contributed by atoms with Crippen LogP contribution in [0, 0.1) is 0 Å². The molecule has 1 aliphatic rings. The highest BCUT2D eigenvalue weighted by molar-refractivity contribution is 5.77. The maximum Gasteiger partial charge on any atom is 0.220 e.